The summed E-state index contributed by atoms with van der Waals surface area (Å²) in [6, 6.07) is 21.4. The molecule has 31 heavy (non-hydrogen) atoms. The molecule has 9 heteroatoms. The Kier molecular flexibility index (Phi) is 6.89. The van der Waals surface area contributed by atoms with E-state index in [9.17, 15) is 24.1 Å². The standard InChI is InChI=1S/C22H18FN3O5/c23-19-12-11-16(13-20(19)26(29)30)24-21(27)15-31-22(28)14-25(17-7-3-1-4-8-17)18-9-5-2-6-10-18/h1-13H,14-15H2,(H,24,27). The highest BCUT2D eigenvalue weighted by atomic mass is 19.1. The average Bonchev–Trinajstić information content (AvgIpc) is 2.78. The lowest BCUT2D eigenvalue weighted by molar-refractivity contribution is -0.387. The second-order valence-electron chi connectivity index (χ2n) is 6.39. The molecule has 0 spiro atoms. The zero-order valence-electron chi connectivity index (χ0n) is 16.2. The first-order valence-electron chi connectivity index (χ1n) is 9.21. The van der Waals surface area contributed by atoms with Gasteiger partial charge in [-0.2, -0.15) is 4.39 Å². The highest BCUT2D eigenvalue weighted by Crippen LogP contribution is 2.24. The Hall–Kier alpha value is -4.27. The fraction of sp³-hybridized carbons (Fsp3) is 0.0909. The van der Waals surface area contributed by atoms with Crippen molar-refractivity contribution in [2.24, 2.45) is 0 Å². The van der Waals surface area contributed by atoms with Crippen LogP contribution in [0.4, 0.5) is 27.1 Å². The van der Waals surface area contributed by atoms with Gasteiger partial charge in [0.15, 0.2) is 6.61 Å². The summed E-state index contributed by atoms with van der Waals surface area (Å²) in [6.45, 7) is -0.731. The van der Waals surface area contributed by atoms with E-state index in [1.54, 1.807) is 4.90 Å². The summed E-state index contributed by atoms with van der Waals surface area (Å²) in [4.78, 5) is 36.0. The number of amides is 1. The fourth-order valence-electron chi connectivity index (χ4n) is 2.80. The molecule has 3 aromatic rings. The zero-order valence-corrected chi connectivity index (χ0v) is 16.2. The van der Waals surface area contributed by atoms with Crippen LogP contribution in [0, 0.1) is 15.9 Å². The molecule has 0 bridgehead atoms. The van der Waals surface area contributed by atoms with Gasteiger partial charge in [0, 0.05) is 23.1 Å². The molecule has 1 N–H and O–H groups in total. The summed E-state index contributed by atoms with van der Waals surface area (Å²) in [5, 5.41) is 13.1. The number of halogens is 1. The molecular weight excluding hydrogens is 405 g/mol. The zero-order chi connectivity index (χ0) is 22.2. The van der Waals surface area contributed by atoms with E-state index in [2.05, 4.69) is 5.32 Å². The van der Waals surface area contributed by atoms with Crippen LogP contribution in [-0.4, -0.2) is 30.0 Å². The molecular formula is C22H18FN3O5. The van der Waals surface area contributed by atoms with E-state index >= 15 is 0 Å². The first-order chi connectivity index (χ1) is 14.9. The highest BCUT2D eigenvalue weighted by molar-refractivity contribution is 5.93. The number of nitro benzene ring substituents is 1. The molecule has 0 heterocycles. The van der Waals surface area contributed by atoms with Gasteiger partial charge in [-0.15, -0.1) is 0 Å². The van der Waals surface area contributed by atoms with Crippen molar-refractivity contribution in [3.05, 3.63) is 94.8 Å². The summed E-state index contributed by atoms with van der Waals surface area (Å²) in [7, 11) is 0. The van der Waals surface area contributed by atoms with Crippen molar-refractivity contribution in [3.8, 4) is 0 Å². The summed E-state index contributed by atoms with van der Waals surface area (Å²) in [5.74, 6) is -2.37. The minimum absolute atomic E-state index is 0.0179. The highest BCUT2D eigenvalue weighted by Gasteiger charge is 2.18. The molecule has 0 atom stereocenters. The van der Waals surface area contributed by atoms with Gasteiger partial charge in [-0.05, 0) is 36.4 Å². The molecule has 0 aliphatic rings. The number of nitrogens with zero attached hydrogens (tertiary/aromatic N) is 2. The van der Waals surface area contributed by atoms with E-state index < -0.39 is 34.9 Å². The number of anilines is 3. The van der Waals surface area contributed by atoms with Crippen molar-refractivity contribution in [3.63, 3.8) is 0 Å². The predicted molar refractivity (Wildman–Crippen MR) is 113 cm³/mol. The van der Waals surface area contributed by atoms with Crippen molar-refractivity contribution in [1.29, 1.82) is 0 Å². The summed E-state index contributed by atoms with van der Waals surface area (Å²) in [5.41, 5.74) is 0.794. The third-order valence-corrected chi connectivity index (χ3v) is 4.21. The van der Waals surface area contributed by atoms with Gasteiger partial charge in [0.05, 0.1) is 4.92 Å². The number of nitro groups is 1. The molecule has 1 amide bonds. The second-order valence-corrected chi connectivity index (χ2v) is 6.39. The van der Waals surface area contributed by atoms with E-state index in [0.29, 0.717) is 0 Å². The van der Waals surface area contributed by atoms with Crippen LogP contribution in [0.15, 0.2) is 78.9 Å². The molecule has 0 saturated heterocycles. The summed E-state index contributed by atoms with van der Waals surface area (Å²) < 4.78 is 18.4. The normalized spacial score (nSPS) is 10.2. The van der Waals surface area contributed by atoms with Gasteiger partial charge in [-0.1, -0.05) is 36.4 Å². The first-order valence-corrected chi connectivity index (χ1v) is 9.21. The lowest BCUT2D eigenvalue weighted by atomic mass is 10.2. The molecule has 0 fully saturated rings. The Morgan fingerprint density at radius 3 is 2.10 bits per heavy atom. The molecule has 0 aromatic heterocycles. The number of carbonyl (C=O) groups is 2. The van der Waals surface area contributed by atoms with Gasteiger partial charge in [0.2, 0.25) is 5.82 Å². The van der Waals surface area contributed by atoms with E-state index in [1.807, 2.05) is 60.7 Å². The summed E-state index contributed by atoms with van der Waals surface area (Å²) >= 11 is 0. The molecule has 8 nitrogen and oxygen atoms in total. The van der Waals surface area contributed by atoms with E-state index in [4.69, 9.17) is 4.74 Å². The summed E-state index contributed by atoms with van der Waals surface area (Å²) in [6.07, 6.45) is 0. The Balaban J connectivity index is 1.61. The number of carbonyl (C=O) groups excluding carboxylic acids is 2. The minimum atomic E-state index is -1.02. The lowest BCUT2D eigenvalue weighted by Gasteiger charge is -2.24. The number of nitrogens with one attached hydrogen (secondary N) is 1. The van der Waals surface area contributed by atoms with Crippen LogP contribution in [0.3, 0.4) is 0 Å². The molecule has 0 aliphatic carbocycles. The second kappa shape index (κ2) is 9.97. The minimum Gasteiger partial charge on any atom is -0.454 e. The Labute approximate surface area is 177 Å². The van der Waals surface area contributed by atoms with Crippen LogP contribution in [-0.2, 0) is 14.3 Å². The topological polar surface area (TPSA) is 102 Å². The van der Waals surface area contributed by atoms with E-state index in [-0.39, 0.29) is 12.2 Å². The molecule has 3 aromatic carbocycles. The number of ether oxygens (including phenoxy) is 1. The Bertz CT molecular complexity index is 1040. The molecule has 3 rings (SSSR count). The monoisotopic (exact) mass is 423 g/mol. The van der Waals surface area contributed by atoms with Crippen LogP contribution >= 0.6 is 0 Å². The van der Waals surface area contributed by atoms with Gasteiger partial charge in [-0.25, -0.2) is 0 Å². The maximum absolute atomic E-state index is 13.4. The lowest BCUT2D eigenvalue weighted by Crippen LogP contribution is -2.29. The maximum Gasteiger partial charge on any atom is 0.326 e. The number of hydrogen-bond donors (Lipinski definition) is 1. The van der Waals surface area contributed by atoms with Crippen molar-refractivity contribution in [2.45, 2.75) is 0 Å². The molecule has 158 valence electrons. The van der Waals surface area contributed by atoms with Crippen LogP contribution in [0.25, 0.3) is 0 Å². The van der Waals surface area contributed by atoms with Crippen LogP contribution in [0.2, 0.25) is 0 Å². The molecule has 0 radical (unpaired) electrons. The third-order valence-electron chi connectivity index (χ3n) is 4.21. The Morgan fingerprint density at radius 1 is 0.968 bits per heavy atom. The maximum atomic E-state index is 13.4. The number of rotatable bonds is 8. The number of esters is 1. The first kappa shape index (κ1) is 21.4. The molecule has 0 saturated carbocycles. The van der Waals surface area contributed by atoms with Crippen molar-refractivity contribution >= 4 is 34.6 Å². The smallest absolute Gasteiger partial charge is 0.326 e. The van der Waals surface area contributed by atoms with E-state index in [0.717, 1.165) is 23.5 Å². The van der Waals surface area contributed by atoms with Gasteiger partial charge < -0.3 is 15.0 Å². The van der Waals surface area contributed by atoms with Gasteiger partial charge in [0.25, 0.3) is 5.91 Å². The van der Waals surface area contributed by atoms with Crippen molar-refractivity contribution < 1.29 is 23.6 Å². The Morgan fingerprint density at radius 2 is 1.55 bits per heavy atom. The predicted octanol–water partition coefficient (Wildman–Crippen LogP) is 4.05. The largest absolute Gasteiger partial charge is 0.454 e. The molecule has 0 unspecified atom stereocenters. The van der Waals surface area contributed by atoms with Crippen molar-refractivity contribution in [2.75, 3.05) is 23.4 Å². The fourth-order valence-corrected chi connectivity index (χ4v) is 2.80. The number of benzene rings is 3. The van der Waals surface area contributed by atoms with Crippen LogP contribution < -0.4 is 10.2 Å². The van der Waals surface area contributed by atoms with Gasteiger partial charge >= 0.3 is 11.7 Å². The SMILES string of the molecule is O=C(COC(=O)CN(c1ccccc1)c1ccccc1)Nc1ccc(F)c([N+](=O)[O-])c1. The van der Waals surface area contributed by atoms with E-state index in [1.165, 1.54) is 6.07 Å². The van der Waals surface area contributed by atoms with Gasteiger partial charge in [0.1, 0.15) is 6.54 Å². The van der Waals surface area contributed by atoms with Gasteiger partial charge in [-0.3, -0.25) is 19.7 Å². The quantitative estimate of drug-likeness (QED) is 0.333. The number of para-hydroxylation sites is 2. The number of hydrogen-bond acceptors (Lipinski definition) is 6. The van der Waals surface area contributed by atoms with Crippen LogP contribution in [0.5, 0.6) is 0 Å². The average molecular weight is 423 g/mol. The molecule has 0 aliphatic heterocycles. The van der Waals surface area contributed by atoms with Crippen LogP contribution in [0.1, 0.15) is 0 Å². The third kappa shape index (κ3) is 5.86. The van der Waals surface area contributed by atoms with Crippen molar-refractivity contribution in [1.82, 2.24) is 0 Å².